The normalized spacial score (nSPS) is 14.0. The highest BCUT2D eigenvalue weighted by molar-refractivity contribution is 6.23. The van der Waals surface area contributed by atoms with Crippen molar-refractivity contribution in [3.63, 3.8) is 0 Å². The number of rotatable bonds is 10. The molecule has 1 rings (SSSR count). The maximum Gasteiger partial charge on any atom is 0.395 e. The summed E-state index contributed by atoms with van der Waals surface area (Å²) in [6.07, 6.45) is 3.96. The van der Waals surface area contributed by atoms with Crippen LogP contribution in [0.2, 0.25) is 0 Å². The van der Waals surface area contributed by atoms with Crippen molar-refractivity contribution in [1.82, 2.24) is 5.23 Å². The molecule has 0 saturated heterocycles. The first-order valence-electron chi connectivity index (χ1n) is 7.21. The van der Waals surface area contributed by atoms with Crippen molar-refractivity contribution in [3.8, 4) is 0 Å². The highest BCUT2D eigenvalue weighted by Gasteiger charge is 2.19. The smallest absolute Gasteiger partial charge is 0.395 e. The highest BCUT2D eigenvalue weighted by Crippen LogP contribution is 2.18. The van der Waals surface area contributed by atoms with Gasteiger partial charge in [0.1, 0.15) is 0 Å². The van der Waals surface area contributed by atoms with Gasteiger partial charge in [0.2, 0.25) is 0 Å². The topological polar surface area (TPSA) is 61.7 Å². The van der Waals surface area contributed by atoms with Gasteiger partial charge in [-0.05, 0) is 24.0 Å². The summed E-state index contributed by atoms with van der Waals surface area (Å²) in [4.78, 5) is 0. The Morgan fingerprint density at radius 1 is 1.25 bits per heavy atom. The molecule has 1 aromatic rings. The summed E-state index contributed by atoms with van der Waals surface area (Å²) in [5.74, 6) is 0. The van der Waals surface area contributed by atoms with Gasteiger partial charge in [-0.25, -0.2) is 0 Å². The van der Waals surface area contributed by atoms with Gasteiger partial charge in [0.15, 0.2) is 0 Å². The third kappa shape index (κ3) is 5.63. The van der Waals surface area contributed by atoms with Gasteiger partial charge in [0.05, 0.1) is 18.8 Å². The van der Waals surface area contributed by atoms with Crippen molar-refractivity contribution in [2.45, 2.75) is 44.8 Å². The lowest BCUT2D eigenvalue weighted by Gasteiger charge is -2.22. The lowest BCUT2D eigenvalue weighted by atomic mass is 9.98. The summed E-state index contributed by atoms with van der Waals surface area (Å²) >= 11 is 0. The lowest BCUT2D eigenvalue weighted by molar-refractivity contribution is 0.0992. The molecule has 3 N–H and O–H groups in total. The van der Waals surface area contributed by atoms with Crippen LogP contribution in [0.5, 0.6) is 0 Å². The highest BCUT2D eigenvalue weighted by atomic mass is 16.4. The lowest BCUT2D eigenvalue weighted by Crippen LogP contribution is -2.41. The quantitative estimate of drug-likeness (QED) is 0.449. The number of aryl methyl sites for hydroxylation is 1. The van der Waals surface area contributed by atoms with E-state index in [1.165, 1.54) is 39.6 Å². The van der Waals surface area contributed by atoms with E-state index < -0.39 is 12.1 Å². The minimum absolute atomic E-state index is 0.167. The molecule has 0 spiro atoms. The molecular weight excluding hydrogens is 253 g/mol. The maximum atomic E-state index is 10.2. The molecule has 0 aliphatic rings. The standard InChI is InChI=1S/C15H25BNO3/c1-3-4-5-6-12-7-9-13(10-8-12)15(19)14(11-18)17-16-20-2/h7-10,14-15,17-19H,3-6,11H2,1-2H3/t14-,15+/m1/s1. The van der Waals surface area contributed by atoms with Gasteiger partial charge in [0, 0.05) is 7.11 Å². The van der Waals surface area contributed by atoms with E-state index in [2.05, 4.69) is 12.2 Å². The Kier molecular flexibility index (Phi) is 8.54. The van der Waals surface area contributed by atoms with Crippen molar-refractivity contribution in [3.05, 3.63) is 35.4 Å². The zero-order chi connectivity index (χ0) is 14.8. The van der Waals surface area contributed by atoms with E-state index in [4.69, 9.17) is 4.65 Å². The zero-order valence-electron chi connectivity index (χ0n) is 12.4. The number of hydrogen-bond donors (Lipinski definition) is 3. The van der Waals surface area contributed by atoms with Crippen molar-refractivity contribution >= 4 is 7.62 Å². The summed E-state index contributed by atoms with van der Waals surface area (Å²) in [7, 11) is 2.88. The van der Waals surface area contributed by atoms with Crippen LogP contribution < -0.4 is 5.23 Å². The molecule has 1 radical (unpaired) electrons. The Morgan fingerprint density at radius 3 is 2.50 bits per heavy atom. The fraction of sp³-hybridized carbons (Fsp3) is 0.600. The number of benzene rings is 1. The Balaban J connectivity index is 2.56. The first-order valence-corrected chi connectivity index (χ1v) is 7.21. The first-order chi connectivity index (χ1) is 9.72. The van der Waals surface area contributed by atoms with Gasteiger partial charge in [-0.2, -0.15) is 0 Å². The summed E-state index contributed by atoms with van der Waals surface area (Å²) < 4.78 is 4.78. The number of unbranched alkanes of at least 4 members (excludes halogenated alkanes) is 2. The molecule has 0 aliphatic carbocycles. The second-order valence-corrected chi connectivity index (χ2v) is 4.95. The second-order valence-electron chi connectivity index (χ2n) is 4.95. The molecule has 5 heteroatoms. The average molecular weight is 278 g/mol. The minimum Gasteiger partial charge on any atom is -0.427 e. The van der Waals surface area contributed by atoms with Crippen LogP contribution in [-0.2, 0) is 11.1 Å². The average Bonchev–Trinajstić information content (AvgIpc) is 2.49. The minimum atomic E-state index is -0.768. The van der Waals surface area contributed by atoms with Crippen molar-refractivity contribution in [1.29, 1.82) is 0 Å². The van der Waals surface area contributed by atoms with E-state index in [0.29, 0.717) is 0 Å². The molecule has 0 amide bonds. The maximum absolute atomic E-state index is 10.2. The Bertz CT molecular complexity index is 359. The molecule has 0 heterocycles. The van der Waals surface area contributed by atoms with Crippen LogP contribution in [0.15, 0.2) is 24.3 Å². The molecule has 1 aromatic carbocycles. The Labute approximate surface area is 122 Å². The fourth-order valence-corrected chi connectivity index (χ4v) is 2.09. The number of aliphatic hydroxyl groups excluding tert-OH is 2. The molecule has 4 nitrogen and oxygen atoms in total. The van der Waals surface area contributed by atoms with E-state index in [9.17, 15) is 10.2 Å². The third-order valence-corrected chi connectivity index (χ3v) is 3.37. The molecule has 111 valence electrons. The van der Waals surface area contributed by atoms with Crippen molar-refractivity contribution in [2.75, 3.05) is 13.7 Å². The van der Waals surface area contributed by atoms with Crippen molar-refractivity contribution < 1.29 is 14.9 Å². The van der Waals surface area contributed by atoms with Crippen LogP contribution in [0, 0.1) is 0 Å². The van der Waals surface area contributed by atoms with Crippen LogP contribution in [0.3, 0.4) is 0 Å². The predicted octanol–water partition coefficient (Wildman–Crippen LogP) is 1.58. The summed E-state index contributed by atoms with van der Waals surface area (Å²) in [6, 6.07) is 7.46. The van der Waals surface area contributed by atoms with Gasteiger partial charge in [0.25, 0.3) is 0 Å². The van der Waals surface area contributed by atoms with Crippen LogP contribution >= 0.6 is 0 Å². The largest absolute Gasteiger partial charge is 0.427 e. The molecular formula is C15H25BNO3. The van der Waals surface area contributed by atoms with Crippen molar-refractivity contribution in [2.24, 2.45) is 0 Å². The van der Waals surface area contributed by atoms with E-state index in [-0.39, 0.29) is 6.61 Å². The Morgan fingerprint density at radius 2 is 1.95 bits per heavy atom. The van der Waals surface area contributed by atoms with E-state index in [0.717, 1.165) is 12.0 Å². The Hall–Kier alpha value is -0.875. The van der Waals surface area contributed by atoms with Gasteiger partial charge >= 0.3 is 7.62 Å². The molecule has 0 aliphatic heterocycles. The number of hydrogen-bond acceptors (Lipinski definition) is 4. The van der Waals surface area contributed by atoms with Crippen LogP contribution in [-0.4, -0.2) is 37.6 Å². The molecule has 0 unspecified atom stereocenters. The van der Waals surface area contributed by atoms with E-state index >= 15 is 0 Å². The molecule has 0 fully saturated rings. The van der Waals surface area contributed by atoms with Crippen LogP contribution in [0.25, 0.3) is 0 Å². The van der Waals surface area contributed by atoms with Gasteiger partial charge < -0.3 is 20.1 Å². The van der Waals surface area contributed by atoms with E-state index in [1.54, 1.807) is 0 Å². The summed E-state index contributed by atoms with van der Waals surface area (Å²) in [5.41, 5.74) is 2.08. The van der Waals surface area contributed by atoms with Gasteiger partial charge in [-0.15, -0.1) is 0 Å². The zero-order valence-corrected chi connectivity index (χ0v) is 12.4. The number of aliphatic hydroxyl groups is 2. The summed E-state index contributed by atoms with van der Waals surface area (Å²) in [6.45, 7) is 2.03. The third-order valence-electron chi connectivity index (χ3n) is 3.37. The number of nitrogens with one attached hydrogen (secondary N) is 1. The van der Waals surface area contributed by atoms with Crippen LogP contribution in [0.1, 0.15) is 43.4 Å². The second kappa shape index (κ2) is 9.94. The summed E-state index contributed by atoms with van der Waals surface area (Å²) in [5, 5.41) is 22.3. The molecule has 0 aromatic heterocycles. The van der Waals surface area contributed by atoms with Gasteiger partial charge in [-0.1, -0.05) is 44.0 Å². The monoisotopic (exact) mass is 278 g/mol. The molecule has 2 atom stereocenters. The molecule has 0 bridgehead atoms. The molecule has 0 saturated carbocycles. The SMILES string of the molecule is CCCCCc1ccc([C@H](O)[C@@H](CO)N[B]OC)cc1. The van der Waals surface area contributed by atoms with Gasteiger partial charge in [-0.3, -0.25) is 0 Å². The predicted molar refractivity (Wildman–Crippen MR) is 81.4 cm³/mol. The fourth-order valence-electron chi connectivity index (χ4n) is 2.09. The molecule has 20 heavy (non-hydrogen) atoms. The van der Waals surface area contributed by atoms with E-state index in [1.807, 2.05) is 24.3 Å². The van der Waals surface area contributed by atoms with Crippen LogP contribution in [0.4, 0.5) is 0 Å². The first kappa shape index (κ1) is 17.2.